The number of carbonyl (C=O) groups is 2. The molecule has 1 unspecified atom stereocenters. The quantitative estimate of drug-likeness (QED) is 0.335. The van der Waals surface area contributed by atoms with Crippen LogP contribution >= 0.6 is 0 Å². The zero-order chi connectivity index (χ0) is 22.9. The van der Waals surface area contributed by atoms with Crippen molar-refractivity contribution in [3.8, 4) is 0 Å². The highest BCUT2D eigenvalue weighted by Gasteiger charge is 2.33. The Morgan fingerprint density at radius 2 is 1.62 bits per heavy atom. The number of H-pyrrole nitrogens is 1. The first-order valence-electron chi connectivity index (χ1n) is 11.8. The number of allylic oxidation sites excluding steroid dienone is 1. The van der Waals surface area contributed by atoms with Crippen molar-refractivity contribution in [2.75, 3.05) is 4.90 Å². The Bertz CT molecular complexity index is 1100. The monoisotopic (exact) mass is 474 g/mol. The molecule has 1 atom stereocenters. The van der Waals surface area contributed by atoms with E-state index in [2.05, 4.69) is 29.2 Å². The zero-order valence-electron chi connectivity index (χ0n) is 19.3. The molecule has 1 aliphatic rings. The Labute approximate surface area is 208 Å². The van der Waals surface area contributed by atoms with E-state index in [9.17, 15) is 9.59 Å². The number of amides is 1. The summed E-state index contributed by atoms with van der Waals surface area (Å²) in [5, 5.41) is 0. The minimum atomic E-state index is 0. The molecule has 0 saturated carbocycles. The number of para-hydroxylation sites is 1. The van der Waals surface area contributed by atoms with Crippen molar-refractivity contribution in [2.45, 2.75) is 51.0 Å². The lowest BCUT2D eigenvalue weighted by Gasteiger charge is -2.26. The summed E-state index contributed by atoms with van der Waals surface area (Å²) in [6.07, 6.45) is 12.8. The summed E-state index contributed by atoms with van der Waals surface area (Å²) in [6.45, 7) is 0. The highest BCUT2D eigenvalue weighted by molar-refractivity contribution is 5.96. The van der Waals surface area contributed by atoms with Gasteiger partial charge in [-0.25, -0.2) is 4.98 Å². The van der Waals surface area contributed by atoms with Crippen LogP contribution in [-0.4, -0.2) is 11.7 Å². The highest BCUT2D eigenvalue weighted by Crippen LogP contribution is 2.40. The molecule has 2 aromatic carbocycles. The van der Waals surface area contributed by atoms with Gasteiger partial charge < -0.3 is 17.3 Å². The van der Waals surface area contributed by atoms with Gasteiger partial charge in [0.25, 0.3) is 0 Å². The van der Waals surface area contributed by atoms with Crippen molar-refractivity contribution >= 4 is 23.5 Å². The smallest absolute Gasteiger partial charge is 0.227 e. The molecule has 0 bridgehead atoms. The second-order valence-electron chi connectivity index (χ2n) is 8.57. The Morgan fingerprint density at radius 3 is 2.38 bits per heavy atom. The molecule has 1 aromatic heterocycles. The topological polar surface area (TPSA) is 51.5 Å². The van der Waals surface area contributed by atoms with Gasteiger partial charge in [0.15, 0.2) is 18.2 Å². The van der Waals surface area contributed by atoms with Crippen LogP contribution in [-0.2, 0) is 16.0 Å². The SMILES string of the molecule is O=C(/C=C/c1ccc[nH+]c1)CCCCCCC(=O)N1c2ccccc2CC1c1ccccc1.[Cl-]. The number of nitrogens with one attached hydrogen (secondary N) is 1. The van der Waals surface area contributed by atoms with Crippen molar-refractivity contribution in [3.05, 3.63) is 102 Å². The summed E-state index contributed by atoms with van der Waals surface area (Å²) in [4.78, 5) is 30.3. The molecule has 1 aliphatic heterocycles. The van der Waals surface area contributed by atoms with Crippen molar-refractivity contribution in [2.24, 2.45) is 0 Å². The van der Waals surface area contributed by atoms with Gasteiger partial charge in [-0.15, -0.1) is 0 Å². The number of aromatic amines is 1. The third kappa shape index (κ3) is 6.64. The number of aromatic nitrogens is 1. The molecule has 4 rings (SSSR count). The van der Waals surface area contributed by atoms with Crippen LogP contribution in [0.1, 0.15) is 61.3 Å². The van der Waals surface area contributed by atoms with E-state index >= 15 is 0 Å². The summed E-state index contributed by atoms with van der Waals surface area (Å²) in [7, 11) is 0. The molecule has 0 saturated heterocycles. The minimum absolute atomic E-state index is 0. The van der Waals surface area contributed by atoms with Crippen molar-refractivity contribution in [1.29, 1.82) is 0 Å². The zero-order valence-corrected chi connectivity index (χ0v) is 20.1. The third-order valence-corrected chi connectivity index (χ3v) is 6.19. The Kier molecular flexibility index (Phi) is 9.60. The molecular formula is C29H31ClN2O2. The Hall–Kier alpha value is -3.24. The first-order chi connectivity index (χ1) is 16.2. The van der Waals surface area contributed by atoms with Gasteiger partial charge in [-0.3, -0.25) is 9.59 Å². The number of rotatable bonds is 10. The maximum absolute atomic E-state index is 13.2. The molecular weight excluding hydrogens is 444 g/mol. The largest absolute Gasteiger partial charge is 1.00 e. The number of pyridine rings is 1. The number of anilines is 1. The number of unbranched alkanes of at least 4 members (excludes halogenated alkanes) is 3. The summed E-state index contributed by atoms with van der Waals surface area (Å²) < 4.78 is 0. The number of hydrogen-bond acceptors (Lipinski definition) is 2. The first kappa shape index (κ1) is 25.4. The number of fused-ring (bicyclic) bond motifs is 1. The molecule has 176 valence electrons. The second kappa shape index (κ2) is 12.9. The van der Waals surface area contributed by atoms with Gasteiger partial charge in [0, 0.05) is 30.2 Å². The normalized spacial score (nSPS) is 14.6. The van der Waals surface area contributed by atoms with Gasteiger partial charge in [-0.05, 0) is 54.7 Å². The summed E-state index contributed by atoms with van der Waals surface area (Å²) >= 11 is 0. The Balaban J connectivity index is 0.00000324. The van der Waals surface area contributed by atoms with Crippen LogP contribution in [0.5, 0.6) is 0 Å². The van der Waals surface area contributed by atoms with Gasteiger partial charge in [-0.2, -0.15) is 0 Å². The van der Waals surface area contributed by atoms with Crippen LogP contribution in [0.25, 0.3) is 6.08 Å². The number of benzene rings is 2. The molecule has 34 heavy (non-hydrogen) atoms. The number of halogens is 1. The average Bonchev–Trinajstić information content (AvgIpc) is 3.26. The Morgan fingerprint density at radius 1 is 0.882 bits per heavy atom. The number of nitrogens with zero attached hydrogens (tertiary/aromatic N) is 1. The lowest BCUT2D eigenvalue weighted by atomic mass is 10.0. The maximum atomic E-state index is 13.2. The van der Waals surface area contributed by atoms with Crippen LogP contribution in [0.4, 0.5) is 5.69 Å². The second-order valence-corrected chi connectivity index (χ2v) is 8.57. The van der Waals surface area contributed by atoms with E-state index in [0.29, 0.717) is 12.8 Å². The molecule has 3 aromatic rings. The molecule has 2 heterocycles. The molecule has 0 radical (unpaired) electrons. The fourth-order valence-electron chi connectivity index (χ4n) is 4.47. The van der Waals surface area contributed by atoms with Gasteiger partial charge >= 0.3 is 0 Å². The fraction of sp³-hybridized carbons (Fsp3) is 0.276. The molecule has 4 nitrogen and oxygen atoms in total. The van der Waals surface area contributed by atoms with Crippen LogP contribution in [0.2, 0.25) is 0 Å². The third-order valence-electron chi connectivity index (χ3n) is 6.19. The van der Waals surface area contributed by atoms with E-state index in [4.69, 9.17) is 0 Å². The van der Waals surface area contributed by atoms with E-state index < -0.39 is 0 Å². The van der Waals surface area contributed by atoms with Crippen molar-refractivity contribution < 1.29 is 27.0 Å². The van der Waals surface area contributed by atoms with E-state index in [0.717, 1.165) is 43.4 Å². The van der Waals surface area contributed by atoms with Gasteiger partial charge in [0.05, 0.1) is 6.04 Å². The molecule has 0 spiro atoms. The number of ketones is 1. The molecule has 0 aliphatic carbocycles. The fourth-order valence-corrected chi connectivity index (χ4v) is 4.47. The van der Waals surface area contributed by atoms with Crippen LogP contribution in [0.15, 0.2) is 85.2 Å². The molecule has 1 N–H and O–H groups in total. The maximum Gasteiger partial charge on any atom is 0.227 e. The lowest BCUT2D eigenvalue weighted by molar-refractivity contribution is -0.378. The molecule has 0 fully saturated rings. The first-order valence-corrected chi connectivity index (χ1v) is 11.8. The van der Waals surface area contributed by atoms with Crippen molar-refractivity contribution in [3.63, 3.8) is 0 Å². The summed E-state index contributed by atoms with van der Waals surface area (Å²) in [6, 6.07) is 22.5. The van der Waals surface area contributed by atoms with Crippen molar-refractivity contribution in [1.82, 2.24) is 0 Å². The van der Waals surface area contributed by atoms with E-state index in [1.807, 2.05) is 65.8 Å². The van der Waals surface area contributed by atoms with Crippen LogP contribution in [0, 0.1) is 0 Å². The van der Waals surface area contributed by atoms with Gasteiger partial charge in [0.1, 0.15) is 0 Å². The average molecular weight is 475 g/mol. The molecule has 1 amide bonds. The van der Waals surface area contributed by atoms with E-state index in [-0.39, 0.29) is 30.1 Å². The predicted molar refractivity (Wildman–Crippen MR) is 132 cm³/mol. The van der Waals surface area contributed by atoms with Crippen LogP contribution < -0.4 is 22.3 Å². The number of hydrogen-bond donors (Lipinski definition) is 0. The van der Waals surface area contributed by atoms with Gasteiger partial charge in [0.2, 0.25) is 5.91 Å². The van der Waals surface area contributed by atoms with E-state index in [1.165, 1.54) is 11.1 Å². The standard InChI is InChI=1S/C29H30N2O2.ClH/c32-26(19-18-23-11-10-20-30-22-23)15-6-1-2-7-17-29(33)31-27-16-9-8-14-25(27)21-28(31)24-12-4-3-5-13-24;/h3-5,8-14,16,18-20,22,28H,1-2,6-7,15,17,21H2;1H/b19-18+;. The minimum Gasteiger partial charge on any atom is -1.00 e. The summed E-state index contributed by atoms with van der Waals surface area (Å²) in [5.41, 5.74) is 4.45. The van der Waals surface area contributed by atoms with E-state index in [1.54, 1.807) is 6.08 Å². The lowest BCUT2D eigenvalue weighted by Crippen LogP contribution is -3.00. The highest BCUT2D eigenvalue weighted by atomic mass is 35.5. The van der Waals surface area contributed by atoms with Gasteiger partial charge in [-0.1, -0.05) is 61.4 Å². The summed E-state index contributed by atoms with van der Waals surface area (Å²) in [5.74, 6) is 0.335. The molecule has 5 heteroatoms. The number of carbonyl (C=O) groups excluding carboxylic acids is 2. The van der Waals surface area contributed by atoms with Crippen LogP contribution in [0.3, 0.4) is 0 Å². The predicted octanol–water partition coefficient (Wildman–Crippen LogP) is 2.76.